The van der Waals surface area contributed by atoms with E-state index in [9.17, 15) is 9.59 Å². The SMILES string of the molecule is CCC(=O)Nc1ccc(Cl)c(NC(=O)c2cccnc2SC2CCCC2)c1. The second-order valence-corrected chi connectivity index (χ2v) is 8.13. The number of halogens is 1. The standard InChI is InChI=1S/C20H22ClN3O2S/c1-2-18(25)23-13-9-10-16(21)17(12-13)24-19(26)15-8-5-11-22-20(15)27-14-6-3-4-7-14/h5,8-12,14H,2-4,6-7H2,1H3,(H,23,25)(H,24,26). The van der Waals surface area contributed by atoms with Crippen molar-refractivity contribution in [3.8, 4) is 0 Å². The van der Waals surface area contributed by atoms with Gasteiger partial charge in [-0.25, -0.2) is 4.98 Å². The molecule has 0 unspecified atom stereocenters. The van der Waals surface area contributed by atoms with Gasteiger partial charge in [0.2, 0.25) is 5.91 Å². The second kappa shape index (κ2) is 9.24. The van der Waals surface area contributed by atoms with E-state index >= 15 is 0 Å². The number of carbonyl (C=O) groups excluding carboxylic acids is 2. The van der Waals surface area contributed by atoms with Crippen LogP contribution in [0, 0.1) is 0 Å². The second-order valence-electron chi connectivity index (χ2n) is 6.43. The highest BCUT2D eigenvalue weighted by molar-refractivity contribution is 7.99. The van der Waals surface area contributed by atoms with E-state index in [1.165, 1.54) is 12.8 Å². The van der Waals surface area contributed by atoms with Crippen LogP contribution >= 0.6 is 23.4 Å². The molecule has 2 aromatic rings. The van der Waals surface area contributed by atoms with Crippen LogP contribution < -0.4 is 10.6 Å². The minimum atomic E-state index is -0.260. The highest BCUT2D eigenvalue weighted by Gasteiger charge is 2.21. The minimum absolute atomic E-state index is 0.0999. The molecule has 0 radical (unpaired) electrons. The summed E-state index contributed by atoms with van der Waals surface area (Å²) in [4.78, 5) is 28.8. The summed E-state index contributed by atoms with van der Waals surface area (Å²) in [5.74, 6) is -0.360. The first-order valence-electron chi connectivity index (χ1n) is 9.09. The minimum Gasteiger partial charge on any atom is -0.326 e. The zero-order valence-electron chi connectivity index (χ0n) is 15.1. The van der Waals surface area contributed by atoms with Crippen molar-refractivity contribution in [3.05, 3.63) is 47.1 Å². The van der Waals surface area contributed by atoms with Crippen LogP contribution in [0.1, 0.15) is 49.4 Å². The molecule has 5 nitrogen and oxygen atoms in total. The van der Waals surface area contributed by atoms with Crippen molar-refractivity contribution in [1.82, 2.24) is 4.98 Å². The molecule has 1 fully saturated rings. The summed E-state index contributed by atoms with van der Waals surface area (Å²) in [6, 6.07) is 8.55. The zero-order valence-corrected chi connectivity index (χ0v) is 16.7. The van der Waals surface area contributed by atoms with E-state index in [1.807, 2.05) is 0 Å². The number of pyridine rings is 1. The highest BCUT2D eigenvalue weighted by atomic mass is 35.5. The number of thioether (sulfide) groups is 1. The molecule has 0 aliphatic heterocycles. The van der Waals surface area contributed by atoms with Crippen molar-refractivity contribution in [2.24, 2.45) is 0 Å². The molecule has 0 bridgehead atoms. The molecular formula is C20H22ClN3O2S. The Bertz CT molecular complexity index is 838. The van der Waals surface area contributed by atoms with Crippen LogP contribution in [0.15, 0.2) is 41.6 Å². The van der Waals surface area contributed by atoms with Gasteiger partial charge in [0.1, 0.15) is 5.03 Å². The summed E-state index contributed by atoms with van der Waals surface area (Å²) >= 11 is 7.90. The van der Waals surface area contributed by atoms with E-state index < -0.39 is 0 Å². The van der Waals surface area contributed by atoms with Crippen LogP contribution in [0.2, 0.25) is 5.02 Å². The Morgan fingerprint density at radius 1 is 1.22 bits per heavy atom. The van der Waals surface area contributed by atoms with Crippen LogP contribution in [-0.4, -0.2) is 22.0 Å². The molecule has 27 heavy (non-hydrogen) atoms. The van der Waals surface area contributed by atoms with Gasteiger partial charge in [-0.15, -0.1) is 11.8 Å². The summed E-state index contributed by atoms with van der Waals surface area (Å²) in [5.41, 5.74) is 1.58. The largest absolute Gasteiger partial charge is 0.326 e. The Hall–Kier alpha value is -2.05. The predicted molar refractivity (Wildman–Crippen MR) is 111 cm³/mol. The first-order chi connectivity index (χ1) is 13.1. The van der Waals surface area contributed by atoms with E-state index in [4.69, 9.17) is 11.6 Å². The van der Waals surface area contributed by atoms with Gasteiger partial charge < -0.3 is 10.6 Å². The maximum absolute atomic E-state index is 12.8. The van der Waals surface area contributed by atoms with Crippen molar-refractivity contribution in [2.45, 2.75) is 49.3 Å². The fourth-order valence-corrected chi connectivity index (χ4v) is 4.42. The van der Waals surface area contributed by atoms with Crippen molar-refractivity contribution >= 4 is 46.6 Å². The molecular weight excluding hydrogens is 382 g/mol. The average Bonchev–Trinajstić information content (AvgIpc) is 3.17. The van der Waals surface area contributed by atoms with Crippen molar-refractivity contribution in [1.29, 1.82) is 0 Å². The van der Waals surface area contributed by atoms with Gasteiger partial charge in [-0.05, 0) is 43.2 Å². The Kier molecular flexibility index (Phi) is 6.74. The number of nitrogens with one attached hydrogen (secondary N) is 2. The lowest BCUT2D eigenvalue weighted by Gasteiger charge is -2.13. The molecule has 1 aromatic carbocycles. The molecule has 2 amide bonds. The average molecular weight is 404 g/mol. The van der Waals surface area contributed by atoms with Gasteiger partial charge in [-0.3, -0.25) is 9.59 Å². The summed E-state index contributed by atoms with van der Waals surface area (Å²) in [6.07, 6.45) is 6.88. The number of amides is 2. The highest BCUT2D eigenvalue weighted by Crippen LogP contribution is 2.35. The van der Waals surface area contributed by atoms with Crippen LogP contribution in [-0.2, 0) is 4.79 Å². The number of nitrogens with zero attached hydrogens (tertiary/aromatic N) is 1. The zero-order chi connectivity index (χ0) is 19.2. The molecule has 1 heterocycles. The maximum atomic E-state index is 12.8. The molecule has 1 saturated carbocycles. The molecule has 1 aromatic heterocycles. The summed E-state index contributed by atoms with van der Waals surface area (Å²) in [6.45, 7) is 1.78. The number of anilines is 2. The van der Waals surface area contributed by atoms with Gasteiger partial charge in [0.15, 0.2) is 0 Å². The molecule has 0 atom stereocenters. The number of hydrogen-bond acceptors (Lipinski definition) is 4. The van der Waals surface area contributed by atoms with Gasteiger partial charge in [0.05, 0.1) is 16.3 Å². The summed E-state index contributed by atoms with van der Waals surface area (Å²) < 4.78 is 0. The van der Waals surface area contributed by atoms with Crippen molar-refractivity contribution < 1.29 is 9.59 Å². The van der Waals surface area contributed by atoms with Gasteiger partial charge in [-0.1, -0.05) is 31.4 Å². The summed E-state index contributed by atoms with van der Waals surface area (Å²) in [7, 11) is 0. The molecule has 3 rings (SSSR count). The number of rotatable bonds is 6. The number of hydrogen-bond donors (Lipinski definition) is 2. The molecule has 142 valence electrons. The molecule has 2 N–H and O–H groups in total. The van der Waals surface area contributed by atoms with E-state index in [2.05, 4.69) is 15.6 Å². The number of carbonyl (C=O) groups is 2. The fraction of sp³-hybridized carbons (Fsp3) is 0.350. The molecule has 0 spiro atoms. The third kappa shape index (κ3) is 5.23. The van der Waals surface area contributed by atoms with Crippen LogP contribution in [0.25, 0.3) is 0 Å². The Morgan fingerprint density at radius 2 is 2.00 bits per heavy atom. The Labute approximate surface area is 168 Å². The number of benzene rings is 1. The molecule has 0 saturated heterocycles. The quantitative estimate of drug-likeness (QED) is 0.680. The fourth-order valence-electron chi connectivity index (χ4n) is 2.96. The smallest absolute Gasteiger partial charge is 0.258 e. The van der Waals surface area contributed by atoms with Crippen LogP contribution in [0.3, 0.4) is 0 Å². The van der Waals surface area contributed by atoms with Gasteiger partial charge in [0, 0.05) is 23.6 Å². The molecule has 1 aliphatic rings. The topological polar surface area (TPSA) is 71.1 Å². The van der Waals surface area contributed by atoms with Gasteiger partial charge in [-0.2, -0.15) is 0 Å². The normalized spacial score (nSPS) is 14.1. The van der Waals surface area contributed by atoms with E-state index in [0.29, 0.717) is 33.6 Å². The Morgan fingerprint density at radius 3 is 2.74 bits per heavy atom. The van der Waals surface area contributed by atoms with Crippen LogP contribution in [0.5, 0.6) is 0 Å². The first-order valence-corrected chi connectivity index (χ1v) is 10.3. The van der Waals surface area contributed by atoms with Crippen LogP contribution in [0.4, 0.5) is 11.4 Å². The summed E-state index contributed by atoms with van der Waals surface area (Å²) in [5, 5.41) is 7.28. The lowest BCUT2D eigenvalue weighted by molar-refractivity contribution is -0.115. The molecule has 7 heteroatoms. The third-order valence-corrected chi connectivity index (χ3v) is 6.10. The lowest BCUT2D eigenvalue weighted by Crippen LogP contribution is -2.15. The third-order valence-electron chi connectivity index (χ3n) is 4.42. The van der Waals surface area contributed by atoms with Crippen molar-refractivity contribution in [3.63, 3.8) is 0 Å². The maximum Gasteiger partial charge on any atom is 0.258 e. The molecule has 1 aliphatic carbocycles. The lowest BCUT2D eigenvalue weighted by atomic mass is 10.2. The first kappa shape index (κ1) is 19.7. The van der Waals surface area contributed by atoms with E-state index in [-0.39, 0.29) is 11.8 Å². The van der Waals surface area contributed by atoms with Crippen molar-refractivity contribution in [2.75, 3.05) is 10.6 Å². The Balaban J connectivity index is 1.77. The number of aromatic nitrogens is 1. The van der Waals surface area contributed by atoms with E-state index in [1.54, 1.807) is 55.2 Å². The van der Waals surface area contributed by atoms with Gasteiger partial charge >= 0.3 is 0 Å². The van der Waals surface area contributed by atoms with Gasteiger partial charge in [0.25, 0.3) is 5.91 Å². The van der Waals surface area contributed by atoms with E-state index in [0.717, 1.165) is 17.9 Å². The monoisotopic (exact) mass is 403 g/mol. The predicted octanol–water partition coefficient (Wildman–Crippen LogP) is 5.37.